The molecule has 19 heavy (non-hydrogen) atoms. The van der Waals surface area contributed by atoms with E-state index in [0.29, 0.717) is 5.02 Å². The minimum atomic E-state index is -0.371. The van der Waals surface area contributed by atoms with Crippen LogP contribution < -0.4 is 5.73 Å². The van der Waals surface area contributed by atoms with Gasteiger partial charge in [-0.2, -0.15) is 0 Å². The highest BCUT2D eigenvalue weighted by molar-refractivity contribution is 6.33. The maximum absolute atomic E-state index is 10.5. The second kappa shape index (κ2) is 4.68. The van der Waals surface area contributed by atoms with Gasteiger partial charge in [-0.15, -0.1) is 0 Å². The Morgan fingerprint density at radius 3 is 2.26 bits per heavy atom. The molecule has 1 saturated carbocycles. The summed E-state index contributed by atoms with van der Waals surface area (Å²) in [5.74, 6) is 0.254. The third-order valence-corrected chi connectivity index (χ3v) is 5.41. The van der Waals surface area contributed by atoms with E-state index in [4.69, 9.17) is 17.3 Å². The third-order valence-electron chi connectivity index (χ3n) is 5.00. The van der Waals surface area contributed by atoms with Gasteiger partial charge in [0.2, 0.25) is 0 Å². The van der Waals surface area contributed by atoms with E-state index in [1.54, 1.807) is 0 Å². The van der Waals surface area contributed by atoms with Crippen LogP contribution in [-0.2, 0) is 18.4 Å². The predicted octanol–water partition coefficient (Wildman–Crippen LogP) is 3.96. The molecular weight excluding hydrogens is 258 g/mol. The maximum Gasteiger partial charge on any atom is 0.139 e. The molecule has 0 saturated heterocycles. The van der Waals surface area contributed by atoms with Gasteiger partial charge in [0.1, 0.15) is 5.75 Å². The summed E-state index contributed by atoms with van der Waals surface area (Å²) in [7, 11) is 0. The van der Waals surface area contributed by atoms with Crippen molar-refractivity contribution >= 4 is 11.6 Å². The van der Waals surface area contributed by atoms with Crippen molar-refractivity contribution in [1.29, 1.82) is 0 Å². The molecule has 0 heterocycles. The molecule has 0 unspecified atom stereocenters. The highest BCUT2D eigenvalue weighted by atomic mass is 35.5. The average molecular weight is 280 g/mol. The molecule has 104 valence electrons. The van der Waals surface area contributed by atoms with Crippen LogP contribution in [0.1, 0.15) is 60.8 Å². The van der Waals surface area contributed by atoms with Crippen LogP contribution in [0.25, 0.3) is 0 Å². The number of fused-ring (bicyclic) bond motifs is 1. The fourth-order valence-corrected chi connectivity index (χ4v) is 4.31. The lowest BCUT2D eigenvalue weighted by Gasteiger charge is -2.31. The minimum absolute atomic E-state index is 0.254. The van der Waals surface area contributed by atoms with E-state index in [1.165, 1.54) is 24.0 Å². The number of phenolic OH excluding ortho intramolecular Hbond substituents is 1. The minimum Gasteiger partial charge on any atom is -0.506 e. The highest BCUT2D eigenvalue weighted by Crippen LogP contribution is 2.48. The molecule has 0 spiro atoms. The molecule has 2 aliphatic carbocycles. The first kappa shape index (κ1) is 13.3. The molecule has 3 N–H and O–H groups in total. The summed E-state index contributed by atoms with van der Waals surface area (Å²) in [6.07, 6.45) is 8.64. The van der Waals surface area contributed by atoms with Gasteiger partial charge < -0.3 is 10.8 Å². The number of hydrogen-bond acceptors (Lipinski definition) is 2. The number of phenols is 1. The van der Waals surface area contributed by atoms with Gasteiger partial charge in [0.05, 0.1) is 5.02 Å². The Morgan fingerprint density at radius 2 is 1.63 bits per heavy atom. The van der Waals surface area contributed by atoms with Crippen molar-refractivity contribution < 1.29 is 5.11 Å². The van der Waals surface area contributed by atoms with Crippen molar-refractivity contribution in [3.05, 3.63) is 27.3 Å². The molecule has 0 aromatic heterocycles. The molecule has 3 heteroatoms. The van der Waals surface area contributed by atoms with Crippen LogP contribution in [0.2, 0.25) is 5.02 Å². The molecule has 2 nitrogen and oxygen atoms in total. The first-order valence-corrected chi connectivity index (χ1v) is 7.74. The second-order valence-electron chi connectivity index (χ2n) is 6.19. The lowest BCUT2D eigenvalue weighted by atomic mass is 9.79. The molecular formula is C16H22ClNO. The molecule has 0 amide bonds. The Hall–Kier alpha value is -0.730. The number of nitrogens with two attached hydrogens (primary N) is 1. The SMILES string of the molecule is Cc1c2c(c(Cl)c(O)c1C1(N)CCCC1)CCCC2. The molecule has 3 rings (SSSR count). The lowest BCUT2D eigenvalue weighted by molar-refractivity contribution is 0.405. The normalized spacial score (nSPS) is 21.4. The topological polar surface area (TPSA) is 46.2 Å². The number of hydrogen-bond donors (Lipinski definition) is 2. The van der Waals surface area contributed by atoms with E-state index < -0.39 is 0 Å². The molecule has 0 atom stereocenters. The standard InChI is InChI=1S/C16H22ClNO/c1-10-11-6-2-3-7-12(11)14(17)15(19)13(10)16(18)8-4-5-9-16/h19H,2-9,18H2,1H3. The van der Waals surface area contributed by atoms with Crippen molar-refractivity contribution in [2.45, 2.75) is 63.8 Å². The van der Waals surface area contributed by atoms with Crippen molar-refractivity contribution in [2.24, 2.45) is 5.73 Å². The fraction of sp³-hybridized carbons (Fsp3) is 0.625. The Balaban J connectivity index is 2.22. The quantitative estimate of drug-likeness (QED) is 0.817. The summed E-state index contributed by atoms with van der Waals surface area (Å²) in [4.78, 5) is 0. The predicted molar refractivity (Wildman–Crippen MR) is 78.8 cm³/mol. The van der Waals surface area contributed by atoms with Crippen LogP contribution in [0.4, 0.5) is 0 Å². The van der Waals surface area contributed by atoms with E-state index in [0.717, 1.165) is 49.7 Å². The van der Waals surface area contributed by atoms with Gasteiger partial charge in [-0.1, -0.05) is 24.4 Å². The molecule has 0 radical (unpaired) electrons. The van der Waals surface area contributed by atoms with E-state index >= 15 is 0 Å². The summed E-state index contributed by atoms with van der Waals surface area (Å²) < 4.78 is 0. The van der Waals surface area contributed by atoms with Crippen LogP contribution in [0, 0.1) is 6.92 Å². The van der Waals surface area contributed by atoms with E-state index in [2.05, 4.69) is 6.92 Å². The van der Waals surface area contributed by atoms with Gasteiger partial charge in [0.25, 0.3) is 0 Å². The van der Waals surface area contributed by atoms with Crippen molar-refractivity contribution in [1.82, 2.24) is 0 Å². The van der Waals surface area contributed by atoms with Gasteiger partial charge in [-0.25, -0.2) is 0 Å². The summed E-state index contributed by atoms with van der Waals surface area (Å²) in [6.45, 7) is 2.11. The fourth-order valence-electron chi connectivity index (χ4n) is 4.01. The lowest BCUT2D eigenvalue weighted by Crippen LogP contribution is -2.34. The van der Waals surface area contributed by atoms with Gasteiger partial charge in [0.15, 0.2) is 0 Å². The van der Waals surface area contributed by atoms with Crippen LogP contribution in [-0.4, -0.2) is 5.11 Å². The number of halogens is 1. The first-order chi connectivity index (χ1) is 9.04. The van der Waals surface area contributed by atoms with E-state index in [1.807, 2.05) is 0 Å². The van der Waals surface area contributed by atoms with E-state index in [-0.39, 0.29) is 11.3 Å². The van der Waals surface area contributed by atoms with Gasteiger partial charge >= 0.3 is 0 Å². The monoisotopic (exact) mass is 279 g/mol. The Labute approximate surface area is 120 Å². The summed E-state index contributed by atoms with van der Waals surface area (Å²) >= 11 is 6.42. The smallest absolute Gasteiger partial charge is 0.139 e. The number of aromatic hydroxyl groups is 1. The Bertz CT molecular complexity index is 518. The molecule has 1 fully saturated rings. The van der Waals surface area contributed by atoms with Gasteiger partial charge in [-0.05, 0) is 62.1 Å². The average Bonchev–Trinajstić information content (AvgIpc) is 2.84. The second-order valence-corrected chi connectivity index (χ2v) is 6.57. The summed E-state index contributed by atoms with van der Waals surface area (Å²) in [5, 5.41) is 11.1. The largest absolute Gasteiger partial charge is 0.506 e. The first-order valence-electron chi connectivity index (χ1n) is 7.37. The number of rotatable bonds is 1. The van der Waals surface area contributed by atoms with Gasteiger partial charge in [0, 0.05) is 11.1 Å². The van der Waals surface area contributed by atoms with Crippen molar-refractivity contribution in [2.75, 3.05) is 0 Å². The van der Waals surface area contributed by atoms with E-state index in [9.17, 15) is 5.11 Å². The summed E-state index contributed by atoms with van der Waals surface area (Å²) in [5.41, 5.74) is 10.8. The van der Waals surface area contributed by atoms with Crippen LogP contribution >= 0.6 is 11.6 Å². The van der Waals surface area contributed by atoms with Gasteiger partial charge in [-0.3, -0.25) is 0 Å². The molecule has 0 aliphatic heterocycles. The Morgan fingerprint density at radius 1 is 1.05 bits per heavy atom. The zero-order valence-electron chi connectivity index (χ0n) is 11.6. The number of benzene rings is 1. The molecule has 2 aliphatic rings. The Kier molecular flexibility index (Phi) is 3.26. The van der Waals surface area contributed by atoms with Crippen LogP contribution in [0.3, 0.4) is 0 Å². The zero-order valence-corrected chi connectivity index (χ0v) is 12.3. The zero-order chi connectivity index (χ0) is 13.6. The molecule has 1 aromatic rings. The van der Waals surface area contributed by atoms with Crippen LogP contribution in [0.5, 0.6) is 5.75 Å². The summed E-state index contributed by atoms with van der Waals surface area (Å²) in [6, 6.07) is 0. The highest BCUT2D eigenvalue weighted by Gasteiger charge is 2.37. The molecule has 0 bridgehead atoms. The van der Waals surface area contributed by atoms with Crippen molar-refractivity contribution in [3.63, 3.8) is 0 Å². The van der Waals surface area contributed by atoms with Crippen LogP contribution in [0.15, 0.2) is 0 Å². The third kappa shape index (κ3) is 1.96. The van der Waals surface area contributed by atoms with Crippen molar-refractivity contribution in [3.8, 4) is 5.75 Å². The maximum atomic E-state index is 10.5. The molecule has 1 aromatic carbocycles.